The molecule has 1 rings (SSSR count). The van der Waals surface area contributed by atoms with Crippen LogP contribution in [0.2, 0.25) is 0 Å². The molecule has 98 valence electrons. The number of halogens is 5. The highest BCUT2D eigenvalue weighted by Gasteiger charge is 2.39. The number of rotatable bonds is 3. The van der Waals surface area contributed by atoms with Crippen molar-refractivity contribution in [3.05, 3.63) is 41.7 Å². The van der Waals surface area contributed by atoms with Gasteiger partial charge in [0.25, 0.3) is 5.83 Å². The van der Waals surface area contributed by atoms with Crippen LogP contribution < -0.4 is 4.74 Å². The van der Waals surface area contributed by atoms with E-state index >= 15 is 0 Å². The first-order chi connectivity index (χ1) is 8.21. The number of carboxylic acids is 1. The first-order valence-electron chi connectivity index (χ1n) is 4.35. The summed E-state index contributed by atoms with van der Waals surface area (Å²) in [5.74, 6) is -4.74. The molecule has 0 aromatic heterocycles. The number of carboxylic acid groups (broad SMARTS) is 1. The normalized spacial score (nSPS) is 12.9. The number of ether oxygens (including phenoxy) is 1. The summed E-state index contributed by atoms with van der Waals surface area (Å²) in [6.45, 7) is 0. The summed E-state index contributed by atoms with van der Waals surface area (Å²) in [5, 5.41) is 8.52. The van der Waals surface area contributed by atoms with Gasteiger partial charge in [0.1, 0.15) is 5.75 Å². The van der Waals surface area contributed by atoms with Gasteiger partial charge < -0.3 is 9.84 Å². The Balaban J connectivity index is 2.89. The minimum Gasteiger partial charge on any atom is -0.478 e. The van der Waals surface area contributed by atoms with Gasteiger partial charge in [-0.25, -0.2) is 4.79 Å². The van der Waals surface area contributed by atoms with Gasteiger partial charge in [-0.2, -0.15) is 22.0 Å². The van der Waals surface area contributed by atoms with Crippen LogP contribution in [0, 0.1) is 0 Å². The third-order valence-electron chi connectivity index (χ3n) is 1.73. The van der Waals surface area contributed by atoms with Crippen molar-refractivity contribution >= 4 is 5.97 Å². The van der Waals surface area contributed by atoms with E-state index < -0.39 is 29.7 Å². The fraction of sp³-hybridized carbons (Fsp3) is 0.100. The third kappa shape index (κ3) is 3.44. The first kappa shape index (κ1) is 13.9. The van der Waals surface area contributed by atoms with Crippen molar-refractivity contribution in [1.29, 1.82) is 0 Å². The minimum absolute atomic E-state index is 0.178. The molecule has 0 spiro atoms. The Hall–Kier alpha value is -2.12. The van der Waals surface area contributed by atoms with E-state index in [1.165, 1.54) is 0 Å². The summed E-state index contributed by atoms with van der Waals surface area (Å²) in [7, 11) is 0. The topological polar surface area (TPSA) is 46.5 Å². The molecule has 0 aliphatic carbocycles. The SMILES string of the molecule is O=C(O)c1ccc(OC(F)=C(F)C(F)(F)F)cc1. The number of benzene rings is 1. The van der Waals surface area contributed by atoms with Crippen molar-refractivity contribution in [1.82, 2.24) is 0 Å². The Kier molecular flexibility index (Phi) is 3.89. The van der Waals surface area contributed by atoms with Gasteiger partial charge in [-0.3, -0.25) is 0 Å². The maximum absolute atomic E-state index is 12.7. The van der Waals surface area contributed by atoms with Crippen molar-refractivity contribution in [2.75, 3.05) is 0 Å². The summed E-state index contributed by atoms with van der Waals surface area (Å²) in [5.41, 5.74) is -0.178. The average molecular weight is 268 g/mol. The van der Waals surface area contributed by atoms with Gasteiger partial charge in [0.2, 0.25) is 0 Å². The summed E-state index contributed by atoms with van der Waals surface area (Å²) < 4.78 is 64.2. The quantitative estimate of drug-likeness (QED) is 0.674. The van der Waals surface area contributed by atoms with Crippen LogP contribution in [0.5, 0.6) is 5.75 Å². The van der Waals surface area contributed by atoms with E-state index in [0.717, 1.165) is 24.3 Å². The van der Waals surface area contributed by atoms with Crippen LogP contribution in [0.3, 0.4) is 0 Å². The predicted octanol–water partition coefficient (Wildman–Crippen LogP) is 3.43. The van der Waals surface area contributed by atoms with Crippen molar-refractivity contribution in [3.63, 3.8) is 0 Å². The van der Waals surface area contributed by atoms with E-state index in [9.17, 15) is 26.7 Å². The van der Waals surface area contributed by atoms with Crippen LogP contribution >= 0.6 is 0 Å². The highest BCUT2D eigenvalue weighted by molar-refractivity contribution is 5.87. The fourth-order valence-corrected chi connectivity index (χ4v) is 0.925. The second kappa shape index (κ2) is 5.03. The van der Waals surface area contributed by atoms with Gasteiger partial charge in [0.05, 0.1) is 5.56 Å². The lowest BCUT2D eigenvalue weighted by Gasteiger charge is -2.06. The van der Waals surface area contributed by atoms with Gasteiger partial charge in [-0.1, -0.05) is 0 Å². The molecular formula is C10H5F5O3. The van der Waals surface area contributed by atoms with Crippen LogP contribution in [-0.2, 0) is 0 Å². The van der Waals surface area contributed by atoms with Crippen LogP contribution in [0.15, 0.2) is 36.1 Å². The third-order valence-corrected chi connectivity index (χ3v) is 1.73. The van der Waals surface area contributed by atoms with E-state index in [0.29, 0.717) is 0 Å². The van der Waals surface area contributed by atoms with Crippen molar-refractivity contribution in [2.45, 2.75) is 6.18 Å². The maximum atomic E-state index is 12.7. The van der Waals surface area contributed by atoms with Gasteiger partial charge in [0, 0.05) is 0 Å². The molecule has 8 heteroatoms. The summed E-state index contributed by atoms with van der Waals surface area (Å²) in [6.07, 6.45) is -5.48. The largest absolute Gasteiger partial charge is 0.478 e. The van der Waals surface area contributed by atoms with Gasteiger partial charge in [-0.05, 0) is 24.3 Å². The standard InChI is InChI=1S/C10H5F5O3/c11-7(10(13,14)15)8(12)18-6-3-1-5(2-4-6)9(16)17/h1-4H,(H,16,17). The zero-order valence-electron chi connectivity index (χ0n) is 8.46. The molecule has 1 aromatic rings. The zero-order valence-corrected chi connectivity index (χ0v) is 8.46. The molecule has 1 aromatic carbocycles. The van der Waals surface area contributed by atoms with E-state index in [2.05, 4.69) is 4.74 Å². The van der Waals surface area contributed by atoms with Crippen LogP contribution in [-0.4, -0.2) is 17.3 Å². The lowest BCUT2D eigenvalue weighted by Crippen LogP contribution is -2.11. The molecule has 0 atom stereocenters. The molecule has 0 aliphatic rings. The Bertz CT molecular complexity index is 475. The summed E-state index contributed by atoms with van der Waals surface area (Å²) >= 11 is 0. The second-order valence-electron chi connectivity index (χ2n) is 3.02. The minimum atomic E-state index is -5.48. The number of alkyl halides is 3. The zero-order chi connectivity index (χ0) is 13.9. The molecule has 0 fully saturated rings. The molecule has 0 radical (unpaired) electrons. The number of hydrogen-bond acceptors (Lipinski definition) is 2. The van der Waals surface area contributed by atoms with Crippen molar-refractivity contribution in [2.24, 2.45) is 0 Å². The molecule has 18 heavy (non-hydrogen) atoms. The average Bonchev–Trinajstić information content (AvgIpc) is 2.27. The first-order valence-corrected chi connectivity index (χ1v) is 4.35. The Morgan fingerprint density at radius 2 is 1.61 bits per heavy atom. The van der Waals surface area contributed by atoms with Crippen molar-refractivity contribution in [3.8, 4) is 5.75 Å². The van der Waals surface area contributed by atoms with E-state index in [1.54, 1.807) is 0 Å². The fourth-order valence-electron chi connectivity index (χ4n) is 0.925. The lowest BCUT2D eigenvalue weighted by atomic mass is 10.2. The predicted molar refractivity (Wildman–Crippen MR) is 49.3 cm³/mol. The molecule has 0 heterocycles. The highest BCUT2D eigenvalue weighted by Crippen LogP contribution is 2.30. The van der Waals surface area contributed by atoms with Crippen LogP contribution in [0.4, 0.5) is 22.0 Å². The highest BCUT2D eigenvalue weighted by atomic mass is 19.4. The monoisotopic (exact) mass is 268 g/mol. The van der Waals surface area contributed by atoms with Crippen LogP contribution in [0.1, 0.15) is 10.4 Å². The Morgan fingerprint density at radius 1 is 1.11 bits per heavy atom. The molecule has 0 aliphatic heterocycles. The smallest absolute Gasteiger partial charge is 0.449 e. The number of hydrogen-bond donors (Lipinski definition) is 1. The Morgan fingerprint density at radius 3 is 2.00 bits per heavy atom. The van der Waals surface area contributed by atoms with Crippen LogP contribution in [0.25, 0.3) is 0 Å². The molecule has 1 N–H and O–H groups in total. The molecule has 0 saturated carbocycles. The number of allylic oxidation sites excluding steroid dienone is 1. The molecule has 0 saturated heterocycles. The summed E-state index contributed by atoms with van der Waals surface area (Å²) in [4.78, 5) is 10.4. The molecule has 0 amide bonds. The van der Waals surface area contributed by atoms with Gasteiger partial charge in [-0.15, -0.1) is 0 Å². The lowest BCUT2D eigenvalue weighted by molar-refractivity contribution is -0.114. The molecule has 0 bridgehead atoms. The maximum Gasteiger partial charge on any atom is 0.449 e. The van der Waals surface area contributed by atoms with Crippen molar-refractivity contribution < 1.29 is 36.6 Å². The second-order valence-corrected chi connectivity index (χ2v) is 3.02. The molecule has 0 unspecified atom stereocenters. The molecule has 3 nitrogen and oxygen atoms in total. The number of aromatic carboxylic acids is 1. The van der Waals surface area contributed by atoms with E-state index in [1.807, 2.05) is 0 Å². The Labute approximate surface area is 97.1 Å². The van der Waals surface area contributed by atoms with Gasteiger partial charge in [0.15, 0.2) is 0 Å². The molecular weight excluding hydrogens is 263 g/mol. The summed E-state index contributed by atoms with van der Waals surface area (Å²) in [6, 6.07) is 1.29. The van der Waals surface area contributed by atoms with E-state index in [-0.39, 0.29) is 5.56 Å². The number of carbonyl (C=O) groups is 1. The van der Waals surface area contributed by atoms with Gasteiger partial charge >= 0.3 is 18.2 Å². The van der Waals surface area contributed by atoms with E-state index in [4.69, 9.17) is 5.11 Å².